The molecule has 7 nitrogen and oxygen atoms in total. The predicted octanol–water partition coefficient (Wildman–Crippen LogP) is 1.24. The number of halogens is 1. The van der Waals surface area contributed by atoms with Gasteiger partial charge in [0.25, 0.3) is 11.6 Å². The maximum Gasteiger partial charge on any atom is 0.273 e. The molecule has 0 aliphatic heterocycles. The lowest BCUT2D eigenvalue weighted by molar-refractivity contribution is -0.385. The SMILES string of the molecule is COCC(Oc1cc([N+](=O)[O-])ccc1Br)C(N)=O. The normalized spacial score (nSPS) is 11.9. The molecule has 98 valence electrons. The highest BCUT2D eigenvalue weighted by atomic mass is 79.9. The van der Waals surface area contributed by atoms with Crippen molar-refractivity contribution in [2.24, 2.45) is 5.73 Å². The number of methoxy groups -OCH3 is 1. The van der Waals surface area contributed by atoms with E-state index in [1.165, 1.54) is 25.3 Å². The fraction of sp³-hybridized carbons (Fsp3) is 0.300. The molecule has 0 saturated carbocycles. The molecule has 18 heavy (non-hydrogen) atoms. The van der Waals surface area contributed by atoms with Crippen LogP contribution in [0.1, 0.15) is 0 Å². The average molecular weight is 319 g/mol. The van der Waals surface area contributed by atoms with E-state index in [-0.39, 0.29) is 18.0 Å². The first kappa shape index (κ1) is 14.4. The number of non-ortho nitro benzene ring substituents is 1. The van der Waals surface area contributed by atoms with Crippen LogP contribution in [-0.4, -0.2) is 30.7 Å². The zero-order valence-corrected chi connectivity index (χ0v) is 11.0. The van der Waals surface area contributed by atoms with Crippen LogP contribution < -0.4 is 10.5 Å². The summed E-state index contributed by atoms with van der Waals surface area (Å²) in [7, 11) is 1.39. The Labute approximate surface area is 111 Å². The summed E-state index contributed by atoms with van der Waals surface area (Å²) in [6, 6.07) is 3.97. The molecule has 0 bridgehead atoms. The second-order valence-electron chi connectivity index (χ2n) is 3.34. The summed E-state index contributed by atoms with van der Waals surface area (Å²) in [6.45, 7) is -0.0372. The van der Waals surface area contributed by atoms with Gasteiger partial charge in [-0.15, -0.1) is 0 Å². The second kappa shape index (κ2) is 6.31. The number of ether oxygens (including phenoxy) is 2. The number of amides is 1. The zero-order chi connectivity index (χ0) is 13.7. The molecule has 0 fully saturated rings. The van der Waals surface area contributed by atoms with Gasteiger partial charge in [-0.05, 0) is 22.0 Å². The number of carbonyl (C=O) groups is 1. The lowest BCUT2D eigenvalue weighted by atomic mass is 10.3. The molecule has 1 amide bonds. The van der Waals surface area contributed by atoms with Gasteiger partial charge in [0.1, 0.15) is 5.75 Å². The molecule has 0 aliphatic rings. The van der Waals surface area contributed by atoms with Crippen LogP contribution in [0, 0.1) is 10.1 Å². The molecule has 0 spiro atoms. The van der Waals surface area contributed by atoms with Crippen molar-refractivity contribution in [1.29, 1.82) is 0 Å². The summed E-state index contributed by atoms with van der Waals surface area (Å²) in [5, 5.41) is 10.6. The second-order valence-corrected chi connectivity index (χ2v) is 4.19. The lowest BCUT2D eigenvalue weighted by Gasteiger charge is -2.15. The maximum atomic E-state index is 11.1. The standard InChI is InChI=1S/C10H11BrN2O5/c1-17-5-9(10(12)14)18-8-4-6(13(15)16)2-3-7(8)11/h2-4,9H,5H2,1H3,(H2,12,14). The Bertz CT molecular complexity index is 466. The summed E-state index contributed by atoms with van der Waals surface area (Å²) < 4.78 is 10.5. The van der Waals surface area contributed by atoms with Crippen molar-refractivity contribution < 1.29 is 19.2 Å². The molecule has 0 saturated heterocycles. The highest BCUT2D eigenvalue weighted by molar-refractivity contribution is 9.10. The quantitative estimate of drug-likeness (QED) is 0.627. The molecule has 8 heteroatoms. The number of nitro groups is 1. The third-order valence-corrected chi connectivity index (χ3v) is 2.69. The van der Waals surface area contributed by atoms with Crippen molar-refractivity contribution in [3.8, 4) is 5.75 Å². The van der Waals surface area contributed by atoms with Crippen molar-refractivity contribution in [2.45, 2.75) is 6.10 Å². The van der Waals surface area contributed by atoms with Crippen LogP contribution in [0.2, 0.25) is 0 Å². The van der Waals surface area contributed by atoms with E-state index in [9.17, 15) is 14.9 Å². The molecule has 1 atom stereocenters. The third kappa shape index (κ3) is 3.67. The Balaban J connectivity index is 2.97. The Hall–Kier alpha value is -1.67. The number of benzene rings is 1. The molecule has 2 N–H and O–H groups in total. The minimum atomic E-state index is -1.01. The van der Waals surface area contributed by atoms with Crippen molar-refractivity contribution in [3.05, 3.63) is 32.8 Å². The average Bonchev–Trinajstić information content (AvgIpc) is 2.30. The summed E-state index contributed by atoms with van der Waals surface area (Å²) in [5.74, 6) is -0.555. The van der Waals surface area contributed by atoms with Gasteiger partial charge in [0.15, 0.2) is 6.10 Å². The fourth-order valence-corrected chi connectivity index (χ4v) is 1.51. The van der Waals surface area contributed by atoms with Gasteiger partial charge in [0.05, 0.1) is 22.1 Å². The van der Waals surface area contributed by atoms with Crippen LogP contribution in [0.4, 0.5) is 5.69 Å². The van der Waals surface area contributed by atoms with Gasteiger partial charge in [-0.2, -0.15) is 0 Å². The summed E-state index contributed by atoms with van der Waals surface area (Å²) in [4.78, 5) is 21.2. The van der Waals surface area contributed by atoms with E-state index in [1.807, 2.05) is 0 Å². The lowest BCUT2D eigenvalue weighted by Crippen LogP contribution is -2.37. The molecule has 1 unspecified atom stereocenters. The highest BCUT2D eigenvalue weighted by Crippen LogP contribution is 2.30. The van der Waals surface area contributed by atoms with Gasteiger partial charge in [0, 0.05) is 13.2 Å². The molecule has 1 aromatic carbocycles. The van der Waals surface area contributed by atoms with Gasteiger partial charge in [-0.25, -0.2) is 0 Å². The molecule has 1 aromatic rings. The molecule has 0 aromatic heterocycles. The Kier molecular flexibility index (Phi) is 5.05. The van der Waals surface area contributed by atoms with Crippen LogP contribution in [-0.2, 0) is 9.53 Å². The van der Waals surface area contributed by atoms with Gasteiger partial charge >= 0.3 is 0 Å². The van der Waals surface area contributed by atoms with E-state index in [2.05, 4.69) is 15.9 Å². The van der Waals surface area contributed by atoms with E-state index in [0.717, 1.165) is 0 Å². The summed E-state index contributed by atoms with van der Waals surface area (Å²) in [6.07, 6.45) is -1.01. The van der Waals surface area contributed by atoms with Gasteiger partial charge in [-0.1, -0.05) is 0 Å². The Morgan fingerprint density at radius 3 is 2.78 bits per heavy atom. The van der Waals surface area contributed by atoms with Crippen LogP contribution in [0.25, 0.3) is 0 Å². The minimum absolute atomic E-state index is 0.0372. The first-order chi connectivity index (χ1) is 8.45. The smallest absolute Gasteiger partial charge is 0.273 e. The van der Waals surface area contributed by atoms with E-state index in [4.69, 9.17) is 15.2 Å². The minimum Gasteiger partial charge on any atom is -0.477 e. The number of primary amides is 1. The van der Waals surface area contributed by atoms with Gasteiger partial charge in [0.2, 0.25) is 0 Å². The summed E-state index contributed by atoms with van der Waals surface area (Å²) in [5.41, 5.74) is 4.98. The van der Waals surface area contributed by atoms with Crippen molar-refractivity contribution in [3.63, 3.8) is 0 Å². The number of hydrogen-bond donors (Lipinski definition) is 1. The maximum absolute atomic E-state index is 11.1. The Morgan fingerprint density at radius 1 is 1.61 bits per heavy atom. The number of nitro benzene ring substituents is 1. The number of carbonyl (C=O) groups excluding carboxylic acids is 1. The highest BCUT2D eigenvalue weighted by Gasteiger charge is 2.20. The van der Waals surface area contributed by atoms with Crippen LogP contribution in [0.3, 0.4) is 0 Å². The van der Waals surface area contributed by atoms with Gasteiger partial charge in [-0.3, -0.25) is 14.9 Å². The van der Waals surface area contributed by atoms with Crippen LogP contribution >= 0.6 is 15.9 Å². The monoisotopic (exact) mass is 318 g/mol. The van der Waals surface area contributed by atoms with Crippen LogP contribution in [0.15, 0.2) is 22.7 Å². The molecule has 0 aliphatic carbocycles. The molecular weight excluding hydrogens is 308 g/mol. The largest absolute Gasteiger partial charge is 0.477 e. The molecular formula is C10H11BrN2O5. The molecule has 0 heterocycles. The topological polar surface area (TPSA) is 105 Å². The van der Waals surface area contributed by atoms with E-state index >= 15 is 0 Å². The van der Waals surface area contributed by atoms with E-state index < -0.39 is 16.9 Å². The van der Waals surface area contributed by atoms with Crippen molar-refractivity contribution in [1.82, 2.24) is 0 Å². The fourth-order valence-electron chi connectivity index (χ4n) is 1.17. The van der Waals surface area contributed by atoms with Gasteiger partial charge < -0.3 is 15.2 Å². The van der Waals surface area contributed by atoms with E-state index in [1.54, 1.807) is 0 Å². The van der Waals surface area contributed by atoms with Crippen molar-refractivity contribution in [2.75, 3.05) is 13.7 Å². The first-order valence-electron chi connectivity index (χ1n) is 4.84. The molecule has 1 rings (SSSR count). The zero-order valence-electron chi connectivity index (χ0n) is 9.46. The van der Waals surface area contributed by atoms with Crippen LogP contribution in [0.5, 0.6) is 5.75 Å². The number of rotatable bonds is 6. The van der Waals surface area contributed by atoms with E-state index in [0.29, 0.717) is 4.47 Å². The third-order valence-electron chi connectivity index (χ3n) is 2.03. The van der Waals surface area contributed by atoms with Crippen molar-refractivity contribution >= 4 is 27.5 Å². The number of hydrogen-bond acceptors (Lipinski definition) is 5. The number of nitrogens with zero attached hydrogens (tertiary/aromatic N) is 1. The number of nitrogens with two attached hydrogens (primary N) is 1. The first-order valence-corrected chi connectivity index (χ1v) is 5.64. The predicted molar refractivity (Wildman–Crippen MR) is 66.3 cm³/mol. The Morgan fingerprint density at radius 2 is 2.28 bits per heavy atom. The summed E-state index contributed by atoms with van der Waals surface area (Å²) >= 11 is 3.17. The molecule has 0 radical (unpaired) electrons.